The van der Waals surface area contributed by atoms with E-state index in [-0.39, 0.29) is 4.90 Å². The minimum Gasteiger partial charge on any atom is -0.280 e. The van der Waals surface area contributed by atoms with E-state index < -0.39 is 10.0 Å². The van der Waals surface area contributed by atoms with Gasteiger partial charge in [-0.05, 0) is 43.2 Å². The predicted octanol–water partition coefficient (Wildman–Crippen LogP) is 4.48. The molecule has 0 unspecified atom stereocenters. The lowest BCUT2D eigenvalue weighted by Crippen LogP contribution is -2.12. The van der Waals surface area contributed by atoms with E-state index in [1.807, 2.05) is 43.5 Å². The molecule has 0 amide bonds. The van der Waals surface area contributed by atoms with Crippen LogP contribution in [-0.2, 0) is 16.4 Å². The van der Waals surface area contributed by atoms with Gasteiger partial charge >= 0.3 is 0 Å². The van der Waals surface area contributed by atoms with Gasteiger partial charge in [-0.15, -0.1) is 11.3 Å². The fourth-order valence-electron chi connectivity index (χ4n) is 2.32. The summed E-state index contributed by atoms with van der Waals surface area (Å²) < 4.78 is 27.5. The molecule has 0 atom stereocenters. The monoisotopic (exact) mass is 358 g/mol. The molecular formula is C18H18N2O2S2. The Morgan fingerprint density at radius 2 is 1.71 bits per heavy atom. The van der Waals surface area contributed by atoms with Gasteiger partial charge in [0.15, 0.2) is 0 Å². The van der Waals surface area contributed by atoms with E-state index >= 15 is 0 Å². The van der Waals surface area contributed by atoms with Crippen molar-refractivity contribution in [3.8, 4) is 11.3 Å². The molecule has 0 fully saturated rings. The Morgan fingerprint density at radius 1 is 1.04 bits per heavy atom. The normalized spacial score (nSPS) is 11.4. The Kier molecular flexibility index (Phi) is 4.69. The topological polar surface area (TPSA) is 59.1 Å². The van der Waals surface area contributed by atoms with Crippen LogP contribution in [0.15, 0.2) is 58.8 Å². The minimum absolute atomic E-state index is 0.263. The van der Waals surface area contributed by atoms with Gasteiger partial charge in [0.25, 0.3) is 10.0 Å². The Balaban J connectivity index is 1.79. The summed E-state index contributed by atoms with van der Waals surface area (Å²) in [5.74, 6) is 0. The second-order valence-electron chi connectivity index (χ2n) is 5.43. The molecule has 0 radical (unpaired) electrons. The van der Waals surface area contributed by atoms with E-state index in [1.165, 1.54) is 0 Å². The fraction of sp³-hybridized carbons (Fsp3) is 0.167. The second kappa shape index (κ2) is 6.75. The standard InChI is InChI=1S/C18H18N2O2S2/c1-3-14-4-10-17(11-5-14)24(21,22)20-16-8-6-15(7-9-16)18-12-23-13(2)19-18/h4-12,20H,3H2,1-2H3. The van der Waals surface area contributed by atoms with Gasteiger partial charge in [0.05, 0.1) is 15.6 Å². The zero-order chi connectivity index (χ0) is 17.2. The summed E-state index contributed by atoms with van der Waals surface area (Å²) in [5.41, 5.74) is 3.51. The molecule has 0 saturated carbocycles. The van der Waals surface area contributed by atoms with Crippen LogP contribution in [0, 0.1) is 6.92 Å². The highest BCUT2D eigenvalue weighted by molar-refractivity contribution is 7.92. The molecule has 1 aromatic heterocycles. The Bertz CT molecular complexity index is 928. The summed E-state index contributed by atoms with van der Waals surface area (Å²) in [7, 11) is -3.58. The van der Waals surface area contributed by atoms with Crippen molar-refractivity contribution < 1.29 is 8.42 Å². The van der Waals surface area contributed by atoms with Gasteiger partial charge in [-0.25, -0.2) is 13.4 Å². The molecule has 0 aliphatic heterocycles. The van der Waals surface area contributed by atoms with Crippen LogP contribution >= 0.6 is 11.3 Å². The van der Waals surface area contributed by atoms with E-state index in [9.17, 15) is 8.42 Å². The third kappa shape index (κ3) is 3.66. The largest absolute Gasteiger partial charge is 0.280 e. The number of nitrogens with zero attached hydrogens (tertiary/aromatic N) is 1. The third-order valence-corrected chi connectivity index (χ3v) is 5.86. The van der Waals surface area contributed by atoms with Crippen LogP contribution in [0.2, 0.25) is 0 Å². The molecule has 0 aliphatic rings. The van der Waals surface area contributed by atoms with Crippen molar-refractivity contribution in [1.82, 2.24) is 4.98 Å². The van der Waals surface area contributed by atoms with Crippen molar-refractivity contribution in [2.24, 2.45) is 0 Å². The number of benzene rings is 2. The van der Waals surface area contributed by atoms with Crippen LogP contribution in [0.4, 0.5) is 5.69 Å². The first-order chi connectivity index (χ1) is 11.5. The highest BCUT2D eigenvalue weighted by Gasteiger charge is 2.14. The maximum atomic E-state index is 12.4. The summed E-state index contributed by atoms with van der Waals surface area (Å²) in [4.78, 5) is 4.69. The summed E-state index contributed by atoms with van der Waals surface area (Å²) in [6.07, 6.45) is 0.880. The number of anilines is 1. The number of thiazole rings is 1. The molecule has 124 valence electrons. The number of nitrogens with one attached hydrogen (secondary N) is 1. The Labute approximate surface area is 146 Å². The number of aryl methyl sites for hydroxylation is 2. The van der Waals surface area contributed by atoms with Crippen LogP contribution < -0.4 is 4.72 Å². The number of aromatic nitrogens is 1. The minimum atomic E-state index is -3.58. The van der Waals surface area contributed by atoms with Crippen molar-refractivity contribution in [2.75, 3.05) is 4.72 Å². The van der Waals surface area contributed by atoms with Crippen molar-refractivity contribution in [3.05, 3.63) is 64.5 Å². The SMILES string of the molecule is CCc1ccc(S(=O)(=O)Nc2ccc(-c3csc(C)n3)cc2)cc1. The molecule has 24 heavy (non-hydrogen) atoms. The summed E-state index contributed by atoms with van der Waals surface area (Å²) in [6.45, 7) is 3.99. The van der Waals surface area contributed by atoms with Crippen molar-refractivity contribution in [3.63, 3.8) is 0 Å². The first-order valence-corrected chi connectivity index (χ1v) is 9.98. The molecule has 0 aliphatic carbocycles. The molecular weight excluding hydrogens is 340 g/mol. The molecule has 0 spiro atoms. The third-order valence-electron chi connectivity index (χ3n) is 3.69. The second-order valence-corrected chi connectivity index (χ2v) is 8.18. The molecule has 3 aromatic rings. The van der Waals surface area contributed by atoms with Crippen molar-refractivity contribution in [1.29, 1.82) is 0 Å². The Morgan fingerprint density at radius 3 is 2.25 bits per heavy atom. The summed E-state index contributed by atoms with van der Waals surface area (Å²) in [5, 5.41) is 2.99. The zero-order valence-electron chi connectivity index (χ0n) is 13.5. The van der Waals surface area contributed by atoms with Crippen LogP contribution in [-0.4, -0.2) is 13.4 Å². The number of sulfonamides is 1. The molecule has 6 heteroatoms. The lowest BCUT2D eigenvalue weighted by atomic mass is 10.1. The van der Waals surface area contributed by atoms with Gasteiger partial charge in [0.2, 0.25) is 0 Å². The van der Waals surface area contributed by atoms with Gasteiger partial charge in [0, 0.05) is 16.6 Å². The van der Waals surface area contributed by atoms with E-state index in [0.29, 0.717) is 5.69 Å². The van der Waals surface area contributed by atoms with Gasteiger partial charge in [0.1, 0.15) is 0 Å². The maximum Gasteiger partial charge on any atom is 0.261 e. The maximum absolute atomic E-state index is 12.4. The van der Waals surface area contributed by atoms with E-state index in [4.69, 9.17) is 0 Å². The fourth-order valence-corrected chi connectivity index (χ4v) is 4.00. The molecule has 0 bridgehead atoms. The lowest BCUT2D eigenvalue weighted by Gasteiger charge is -2.09. The molecule has 4 nitrogen and oxygen atoms in total. The van der Waals surface area contributed by atoms with Crippen LogP contribution in [0.1, 0.15) is 17.5 Å². The van der Waals surface area contributed by atoms with Crippen LogP contribution in [0.3, 0.4) is 0 Å². The highest BCUT2D eigenvalue weighted by Crippen LogP contribution is 2.24. The summed E-state index contributed by atoms with van der Waals surface area (Å²) in [6, 6.07) is 14.2. The van der Waals surface area contributed by atoms with Crippen molar-refractivity contribution >= 4 is 27.0 Å². The highest BCUT2D eigenvalue weighted by atomic mass is 32.2. The Hall–Kier alpha value is -2.18. The molecule has 3 rings (SSSR count). The average molecular weight is 358 g/mol. The zero-order valence-corrected chi connectivity index (χ0v) is 15.1. The van der Waals surface area contributed by atoms with Crippen LogP contribution in [0.25, 0.3) is 11.3 Å². The first kappa shape index (κ1) is 16.7. The number of hydrogen-bond donors (Lipinski definition) is 1. The van der Waals surface area contributed by atoms with Gasteiger partial charge in [-0.2, -0.15) is 0 Å². The average Bonchev–Trinajstić information content (AvgIpc) is 3.02. The first-order valence-electron chi connectivity index (χ1n) is 7.62. The predicted molar refractivity (Wildman–Crippen MR) is 98.9 cm³/mol. The smallest absolute Gasteiger partial charge is 0.261 e. The van der Waals surface area contributed by atoms with Gasteiger partial charge < -0.3 is 0 Å². The van der Waals surface area contributed by atoms with Gasteiger partial charge in [-0.1, -0.05) is 31.2 Å². The van der Waals surface area contributed by atoms with Crippen molar-refractivity contribution in [2.45, 2.75) is 25.2 Å². The van der Waals surface area contributed by atoms with E-state index in [0.717, 1.165) is 28.2 Å². The molecule has 1 N–H and O–H groups in total. The summed E-state index contributed by atoms with van der Waals surface area (Å²) >= 11 is 1.59. The number of hydrogen-bond acceptors (Lipinski definition) is 4. The molecule has 2 aromatic carbocycles. The molecule has 1 heterocycles. The number of rotatable bonds is 5. The van der Waals surface area contributed by atoms with E-state index in [1.54, 1.807) is 35.6 Å². The van der Waals surface area contributed by atoms with E-state index in [2.05, 4.69) is 9.71 Å². The molecule has 0 saturated heterocycles. The van der Waals surface area contributed by atoms with Crippen LogP contribution in [0.5, 0.6) is 0 Å². The quantitative estimate of drug-likeness (QED) is 0.731. The lowest BCUT2D eigenvalue weighted by molar-refractivity contribution is 0.601. The van der Waals surface area contributed by atoms with Gasteiger partial charge in [-0.3, -0.25) is 4.72 Å².